The van der Waals surface area contributed by atoms with Crippen molar-refractivity contribution in [3.05, 3.63) is 40.4 Å². The van der Waals surface area contributed by atoms with Crippen molar-refractivity contribution in [1.29, 1.82) is 0 Å². The Morgan fingerprint density at radius 1 is 1.52 bits per heavy atom. The van der Waals surface area contributed by atoms with Crippen LogP contribution >= 0.6 is 11.6 Å². The van der Waals surface area contributed by atoms with E-state index in [0.29, 0.717) is 5.69 Å². The molecule has 8 heteroatoms. The molecule has 0 aliphatic rings. The van der Waals surface area contributed by atoms with E-state index in [1.807, 2.05) is 0 Å². The predicted octanol–water partition coefficient (Wildman–Crippen LogP) is 1.43. The SMILES string of the molecule is Cc1c(C(=O)N(C)CCO)nnn1-c1ccc(Cl)cc1F. The van der Waals surface area contributed by atoms with Crippen LogP contribution in [0.25, 0.3) is 5.69 Å². The first-order valence-corrected chi connectivity index (χ1v) is 6.57. The number of benzene rings is 1. The number of rotatable bonds is 4. The van der Waals surface area contributed by atoms with Gasteiger partial charge in [-0.25, -0.2) is 9.07 Å². The summed E-state index contributed by atoms with van der Waals surface area (Å²) in [4.78, 5) is 13.4. The third-order valence-corrected chi connectivity index (χ3v) is 3.25. The molecule has 1 N–H and O–H groups in total. The maximum absolute atomic E-state index is 13.9. The van der Waals surface area contributed by atoms with Crippen molar-refractivity contribution in [2.45, 2.75) is 6.92 Å². The second-order valence-electron chi connectivity index (χ2n) is 4.48. The van der Waals surface area contributed by atoms with Gasteiger partial charge in [0.2, 0.25) is 0 Å². The van der Waals surface area contributed by atoms with E-state index in [2.05, 4.69) is 10.3 Å². The Kier molecular flexibility index (Phi) is 4.54. The number of amides is 1. The molecular formula is C13H14ClFN4O2. The molecule has 0 radical (unpaired) electrons. The Morgan fingerprint density at radius 3 is 2.86 bits per heavy atom. The third kappa shape index (κ3) is 3.03. The molecule has 0 aliphatic carbocycles. The lowest BCUT2D eigenvalue weighted by atomic mass is 10.2. The molecule has 1 aromatic carbocycles. The maximum Gasteiger partial charge on any atom is 0.276 e. The van der Waals surface area contributed by atoms with Crippen molar-refractivity contribution in [3.8, 4) is 5.69 Å². The van der Waals surface area contributed by atoms with Crippen molar-refractivity contribution < 1.29 is 14.3 Å². The van der Waals surface area contributed by atoms with Gasteiger partial charge in [0.1, 0.15) is 11.5 Å². The quantitative estimate of drug-likeness (QED) is 0.927. The number of hydrogen-bond donors (Lipinski definition) is 1. The Hall–Kier alpha value is -1.99. The maximum atomic E-state index is 13.9. The van der Waals surface area contributed by atoms with Gasteiger partial charge in [-0.3, -0.25) is 4.79 Å². The van der Waals surface area contributed by atoms with Crippen LogP contribution < -0.4 is 0 Å². The Labute approximate surface area is 125 Å². The minimum absolute atomic E-state index is 0.111. The molecule has 2 aromatic rings. The number of carbonyl (C=O) groups is 1. The molecule has 0 saturated carbocycles. The second kappa shape index (κ2) is 6.19. The second-order valence-corrected chi connectivity index (χ2v) is 4.92. The summed E-state index contributed by atoms with van der Waals surface area (Å²) in [6.45, 7) is 1.65. The molecule has 0 saturated heterocycles. The van der Waals surface area contributed by atoms with Crippen molar-refractivity contribution in [2.24, 2.45) is 0 Å². The zero-order valence-electron chi connectivity index (χ0n) is 11.5. The van der Waals surface area contributed by atoms with E-state index >= 15 is 0 Å². The molecule has 0 unspecified atom stereocenters. The number of nitrogens with zero attached hydrogens (tertiary/aromatic N) is 4. The molecule has 0 fully saturated rings. The van der Waals surface area contributed by atoms with E-state index in [4.69, 9.17) is 16.7 Å². The fourth-order valence-corrected chi connectivity index (χ4v) is 2.00. The smallest absolute Gasteiger partial charge is 0.276 e. The van der Waals surface area contributed by atoms with Crippen molar-refractivity contribution in [1.82, 2.24) is 19.9 Å². The Bertz CT molecular complexity index is 674. The first kappa shape index (κ1) is 15.4. The summed E-state index contributed by atoms with van der Waals surface area (Å²) in [6.07, 6.45) is 0. The van der Waals surface area contributed by atoms with Gasteiger partial charge < -0.3 is 10.0 Å². The summed E-state index contributed by atoms with van der Waals surface area (Å²) in [7, 11) is 1.54. The molecule has 112 valence electrons. The standard InChI is InChI=1S/C13H14ClFN4O2/c1-8-12(13(21)18(2)5-6-20)16-17-19(8)11-4-3-9(14)7-10(11)15/h3-4,7,20H,5-6H2,1-2H3. The van der Waals surface area contributed by atoms with Gasteiger partial charge in [0.25, 0.3) is 5.91 Å². The molecular weight excluding hydrogens is 299 g/mol. The van der Waals surface area contributed by atoms with Crippen LogP contribution in [0.15, 0.2) is 18.2 Å². The number of halogens is 2. The van der Waals surface area contributed by atoms with Crippen LogP contribution in [0.4, 0.5) is 4.39 Å². The van der Waals surface area contributed by atoms with Crippen LogP contribution in [0.1, 0.15) is 16.2 Å². The average Bonchev–Trinajstić information content (AvgIpc) is 2.80. The fraction of sp³-hybridized carbons (Fsp3) is 0.308. The van der Waals surface area contributed by atoms with Crippen LogP contribution in [-0.2, 0) is 0 Å². The molecule has 2 rings (SSSR count). The lowest BCUT2D eigenvalue weighted by Gasteiger charge is -2.14. The average molecular weight is 313 g/mol. The Morgan fingerprint density at radius 2 is 2.24 bits per heavy atom. The van der Waals surface area contributed by atoms with Crippen molar-refractivity contribution in [2.75, 3.05) is 20.2 Å². The van der Waals surface area contributed by atoms with Crippen LogP contribution in [-0.4, -0.2) is 51.1 Å². The van der Waals surface area contributed by atoms with E-state index in [0.717, 1.165) is 6.07 Å². The molecule has 0 bridgehead atoms. The molecule has 1 amide bonds. The summed E-state index contributed by atoms with van der Waals surface area (Å²) in [6, 6.07) is 4.16. The number of aliphatic hydroxyl groups excluding tert-OH is 1. The van der Waals surface area contributed by atoms with Gasteiger partial charge in [-0.1, -0.05) is 16.8 Å². The molecule has 1 aromatic heterocycles. The number of carbonyl (C=O) groups excluding carboxylic acids is 1. The summed E-state index contributed by atoms with van der Waals surface area (Å²) < 4.78 is 15.1. The van der Waals surface area contributed by atoms with E-state index in [-0.39, 0.29) is 35.5 Å². The molecule has 6 nitrogen and oxygen atoms in total. The number of aromatic nitrogens is 3. The van der Waals surface area contributed by atoms with Gasteiger partial charge >= 0.3 is 0 Å². The first-order chi connectivity index (χ1) is 9.95. The van der Waals surface area contributed by atoms with Crippen LogP contribution in [0.5, 0.6) is 0 Å². The molecule has 0 aliphatic heterocycles. The summed E-state index contributed by atoms with van der Waals surface area (Å²) in [5.41, 5.74) is 0.680. The van der Waals surface area contributed by atoms with E-state index in [1.54, 1.807) is 14.0 Å². The fourth-order valence-electron chi connectivity index (χ4n) is 1.84. The Balaban J connectivity index is 2.39. The van der Waals surface area contributed by atoms with Crippen LogP contribution in [0.3, 0.4) is 0 Å². The molecule has 0 spiro atoms. The van der Waals surface area contributed by atoms with E-state index < -0.39 is 5.82 Å². The first-order valence-electron chi connectivity index (χ1n) is 6.19. The highest BCUT2D eigenvalue weighted by atomic mass is 35.5. The molecule has 21 heavy (non-hydrogen) atoms. The minimum atomic E-state index is -0.557. The zero-order valence-corrected chi connectivity index (χ0v) is 12.3. The summed E-state index contributed by atoms with van der Waals surface area (Å²) in [5.74, 6) is -0.944. The van der Waals surface area contributed by atoms with Gasteiger partial charge in [-0.2, -0.15) is 0 Å². The summed E-state index contributed by atoms with van der Waals surface area (Å²) >= 11 is 5.71. The molecule has 1 heterocycles. The van der Waals surface area contributed by atoms with E-state index in [1.165, 1.54) is 21.7 Å². The van der Waals surface area contributed by atoms with Crippen molar-refractivity contribution >= 4 is 17.5 Å². The normalized spacial score (nSPS) is 10.7. The van der Waals surface area contributed by atoms with Crippen LogP contribution in [0.2, 0.25) is 5.02 Å². The summed E-state index contributed by atoms with van der Waals surface area (Å²) in [5, 5.41) is 16.7. The van der Waals surface area contributed by atoms with Crippen molar-refractivity contribution in [3.63, 3.8) is 0 Å². The lowest BCUT2D eigenvalue weighted by molar-refractivity contribution is 0.0760. The lowest BCUT2D eigenvalue weighted by Crippen LogP contribution is -2.30. The predicted molar refractivity (Wildman–Crippen MR) is 75.1 cm³/mol. The van der Waals surface area contributed by atoms with Gasteiger partial charge in [-0.15, -0.1) is 5.10 Å². The van der Waals surface area contributed by atoms with Gasteiger partial charge in [0, 0.05) is 18.6 Å². The molecule has 0 atom stereocenters. The number of aliphatic hydroxyl groups is 1. The van der Waals surface area contributed by atoms with Gasteiger partial charge in [0.05, 0.1) is 12.3 Å². The monoisotopic (exact) mass is 312 g/mol. The topological polar surface area (TPSA) is 71.2 Å². The van der Waals surface area contributed by atoms with E-state index in [9.17, 15) is 9.18 Å². The van der Waals surface area contributed by atoms with Gasteiger partial charge in [0.15, 0.2) is 5.69 Å². The number of likely N-dealkylation sites (N-methyl/N-ethyl adjacent to an activating group) is 1. The zero-order chi connectivity index (χ0) is 15.6. The number of hydrogen-bond acceptors (Lipinski definition) is 4. The highest BCUT2D eigenvalue weighted by Crippen LogP contribution is 2.20. The highest BCUT2D eigenvalue weighted by Gasteiger charge is 2.21. The third-order valence-electron chi connectivity index (χ3n) is 3.02. The minimum Gasteiger partial charge on any atom is -0.395 e. The largest absolute Gasteiger partial charge is 0.395 e. The van der Waals surface area contributed by atoms with Crippen LogP contribution in [0, 0.1) is 12.7 Å². The highest BCUT2D eigenvalue weighted by molar-refractivity contribution is 6.30. The van der Waals surface area contributed by atoms with Gasteiger partial charge in [-0.05, 0) is 25.1 Å².